The van der Waals surface area contributed by atoms with Crippen LogP contribution in [0.3, 0.4) is 0 Å². The third kappa shape index (κ3) is 2.06. The average Bonchev–Trinajstić information content (AvgIpc) is 2.78. The minimum Gasteiger partial charge on any atom is -0.496 e. The molecule has 0 fully saturated rings. The van der Waals surface area contributed by atoms with Crippen molar-refractivity contribution >= 4 is 0 Å². The molecule has 16 heavy (non-hydrogen) atoms. The summed E-state index contributed by atoms with van der Waals surface area (Å²) < 4.78 is 10.9. The molecule has 0 aliphatic rings. The van der Waals surface area contributed by atoms with Crippen molar-refractivity contribution < 1.29 is 9.15 Å². The molecule has 0 atom stereocenters. The fraction of sp³-hybridized carbons (Fsp3) is 0.250. The number of benzene rings is 1. The van der Waals surface area contributed by atoms with Crippen molar-refractivity contribution in [3.05, 3.63) is 36.2 Å². The molecule has 4 nitrogen and oxygen atoms in total. The zero-order valence-electron chi connectivity index (χ0n) is 9.36. The number of rotatable bonds is 4. The third-order valence-corrected chi connectivity index (χ3v) is 2.24. The van der Waals surface area contributed by atoms with Gasteiger partial charge in [-0.3, -0.25) is 0 Å². The van der Waals surface area contributed by atoms with Gasteiger partial charge in [0.25, 0.3) is 0 Å². The predicted octanol–water partition coefficient (Wildman–Crippen LogP) is 2.07. The minimum absolute atomic E-state index is 0.586. The molecule has 1 heterocycles. The van der Waals surface area contributed by atoms with Crippen molar-refractivity contribution in [3.8, 4) is 17.2 Å². The van der Waals surface area contributed by atoms with Crippen molar-refractivity contribution in [3.63, 3.8) is 0 Å². The molecular weight excluding hydrogens is 204 g/mol. The Morgan fingerprint density at radius 3 is 2.94 bits per heavy atom. The van der Waals surface area contributed by atoms with Crippen LogP contribution in [-0.4, -0.2) is 19.1 Å². The van der Waals surface area contributed by atoms with Gasteiger partial charge in [0, 0.05) is 0 Å². The van der Waals surface area contributed by atoms with E-state index in [9.17, 15) is 0 Å². The van der Waals surface area contributed by atoms with Crippen LogP contribution >= 0.6 is 0 Å². The molecule has 1 aromatic heterocycles. The van der Waals surface area contributed by atoms with Crippen LogP contribution in [0.15, 0.2) is 34.9 Å². The summed E-state index contributed by atoms with van der Waals surface area (Å²) in [6.07, 6.45) is 1.72. The van der Waals surface area contributed by atoms with Gasteiger partial charge in [0.15, 0.2) is 0 Å². The maximum atomic E-state index is 5.60. The average molecular weight is 218 g/mol. The molecule has 4 heteroatoms. The molecule has 0 unspecified atom stereocenters. The number of aromatic nitrogens is 1. The molecule has 1 N–H and O–H groups in total. The third-order valence-electron chi connectivity index (χ3n) is 2.24. The van der Waals surface area contributed by atoms with Gasteiger partial charge < -0.3 is 14.5 Å². The normalized spacial score (nSPS) is 10.4. The quantitative estimate of drug-likeness (QED) is 0.853. The highest BCUT2D eigenvalue weighted by Crippen LogP contribution is 2.28. The van der Waals surface area contributed by atoms with Gasteiger partial charge in [0.2, 0.25) is 5.89 Å². The molecule has 84 valence electrons. The number of hydrogen-bond donors (Lipinski definition) is 1. The first-order chi connectivity index (χ1) is 7.85. The van der Waals surface area contributed by atoms with Crippen LogP contribution in [0.5, 0.6) is 5.75 Å². The van der Waals surface area contributed by atoms with Crippen LogP contribution in [0.2, 0.25) is 0 Å². The van der Waals surface area contributed by atoms with Crippen LogP contribution in [0.1, 0.15) is 5.76 Å². The van der Waals surface area contributed by atoms with E-state index in [1.54, 1.807) is 13.3 Å². The predicted molar refractivity (Wildman–Crippen MR) is 61.3 cm³/mol. The molecule has 1 aromatic carbocycles. The Kier molecular flexibility index (Phi) is 3.22. The number of hydrogen-bond acceptors (Lipinski definition) is 4. The van der Waals surface area contributed by atoms with Crippen LogP contribution in [0.4, 0.5) is 0 Å². The highest BCUT2D eigenvalue weighted by molar-refractivity contribution is 5.62. The molecule has 0 aliphatic heterocycles. The zero-order chi connectivity index (χ0) is 11.4. The van der Waals surface area contributed by atoms with Gasteiger partial charge >= 0.3 is 0 Å². The Morgan fingerprint density at radius 1 is 1.38 bits per heavy atom. The zero-order valence-corrected chi connectivity index (χ0v) is 9.36. The second-order valence-electron chi connectivity index (χ2n) is 3.36. The smallest absolute Gasteiger partial charge is 0.230 e. The summed E-state index contributed by atoms with van der Waals surface area (Å²) in [5, 5.41) is 3.01. The van der Waals surface area contributed by atoms with E-state index < -0.39 is 0 Å². The lowest BCUT2D eigenvalue weighted by atomic mass is 10.2. The molecule has 0 radical (unpaired) electrons. The van der Waals surface area contributed by atoms with E-state index in [0.717, 1.165) is 17.1 Å². The number of nitrogens with zero attached hydrogens (tertiary/aromatic N) is 1. The Bertz CT molecular complexity index is 466. The summed E-state index contributed by atoms with van der Waals surface area (Å²) in [7, 11) is 3.50. The first-order valence-corrected chi connectivity index (χ1v) is 5.08. The summed E-state index contributed by atoms with van der Waals surface area (Å²) in [6.45, 7) is 0.669. The summed E-state index contributed by atoms with van der Waals surface area (Å²) in [4.78, 5) is 4.23. The lowest BCUT2D eigenvalue weighted by molar-refractivity contribution is 0.413. The Morgan fingerprint density at radius 2 is 2.19 bits per heavy atom. The molecule has 0 saturated carbocycles. The fourth-order valence-corrected chi connectivity index (χ4v) is 1.51. The summed E-state index contributed by atoms with van der Waals surface area (Å²) in [6, 6.07) is 7.66. The lowest BCUT2D eigenvalue weighted by Gasteiger charge is -2.03. The number of oxazole rings is 1. The van der Waals surface area contributed by atoms with E-state index in [4.69, 9.17) is 9.15 Å². The van der Waals surface area contributed by atoms with E-state index >= 15 is 0 Å². The summed E-state index contributed by atoms with van der Waals surface area (Å²) in [5.41, 5.74) is 0.868. The van der Waals surface area contributed by atoms with E-state index in [1.165, 1.54) is 0 Å². The fourth-order valence-electron chi connectivity index (χ4n) is 1.51. The number of nitrogens with one attached hydrogen (secondary N) is 1. The van der Waals surface area contributed by atoms with Crippen molar-refractivity contribution in [1.29, 1.82) is 0 Å². The maximum Gasteiger partial charge on any atom is 0.230 e. The van der Waals surface area contributed by atoms with Crippen LogP contribution in [0.25, 0.3) is 11.5 Å². The Balaban J connectivity index is 2.34. The first kappa shape index (κ1) is 10.7. The number of ether oxygens (including phenoxy) is 1. The monoisotopic (exact) mass is 218 g/mol. The van der Waals surface area contributed by atoms with Gasteiger partial charge in [-0.25, -0.2) is 4.98 Å². The lowest BCUT2D eigenvalue weighted by Crippen LogP contribution is -2.03. The second-order valence-corrected chi connectivity index (χ2v) is 3.36. The van der Waals surface area contributed by atoms with Crippen molar-refractivity contribution in [1.82, 2.24) is 10.3 Å². The van der Waals surface area contributed by atoms with E-state index in [0.29, 0.717) is 12.4 Å². The van der Waals surface area contributed by atoms with E-state index in [-0.39, 0.29) is 0 Å². The van der Waals surface area contributed by atoms with Gasteiger partial charge in [-0.1, -0.05) is 12.1 Å². The van der Waals surface area contributed by atoms with Crippen molar-refractivity contribution in [2.45, 2.75) is 6.54 Å². The molecule has 0 aliphatic carbocycles. The minimum atomic E-state index is 0.586. The molecule has 0 saturated heterocycles. The Labute approximate surface area is 94.3 Å². The molecule has 0 spiro atoms. The number of para-hydroxylation sites is 1. The van der Waals surface area contributed by atoms with Gasteiger partial charge in [-0.05, 0) is 19.2 Å². The van der Waals surface area contributed by atoms with Crippen LogP contribution < -0.4 is 10.1 Å². The van der Waals surface area contributed by atoms with Crippen LogP contribution in [-0.2, 0) is 6.54 Å². The number of methoxy groups -OCH3 is 1. The maximum absolute atomic E-state index is 5.60. The van der Waals surface area contributed by atoms with Crippen LogP contribution in [0, 0.1) is 0 Å². The summed E-state index contributed by atoms with van der Waals surface area (Å²) >= 11 is 0. The highest BCUT2D eigenvalue weighted by Gasteiger charge is 2.10. The molecule has 0 bridgehead atoms. The van der Waals surface area contributed by atoms with Crippen molar-refractivity contribution in [2.75, 3.05) is 14.2 Å². The largest absolute Gasteiger partial charge is 0.496 e. The van der Waals surface area contributed by atoms with E-state index in [1.807, 2.05) is 31.3 Å². The van der Waals surface area contributed by atoms with Crippen molar-refractivity contribution in [2.24, 2.45) is 0 Å². The van der Waals surface area contributed by atoms with Gasteiger partial charge in [-0.15, -0.1) is 0 Å². The first-order valence-electron chi connectivity index (χ1n) is 5.08. The molecule has 2 rings (SSSR count). The standard InChI is InChI=1S/C12H14N2O2/c1-13-7-9-8-14-12(16-9)10-5-3-4-6-11(10)15-2/h3-6,8,13H,7H2,1-2H3. The van der Waals surface area contributed by atoms with Gasteiger partial charge in [0.05, 0.1) is 25.4 Å². The second kappa shape index (κ2) is 4.81. The van der Waals surface area contributed by atoms with Gasteiger partial charge in [0.1, 0.15) is 11.5 Å². The SMILES string of the molecule is CNCc1cnc(-c2ccccc2OC)o1. The molecule has 0 amide bonds. The summed E-state index contributed by atoms with van der Waals surface area (Å²) in [5.74, 6) is 2.16. The highest BCUT2D eigenvalue weighted by atomic mass is 16.5. The molecular formula is C12H14N2O2. The van der Waals surface area contributed by atoms with Gasteiger partial charge in [-0.2, -0.15) is 0 Å². The van der Waals surface area contributed by atoms with E-state index in [2.05, 4.69) is 10.3 Å². The topological polar surface area (TPSA) is 47.3 Å². The molecule has 2 aromatic rings. The Hall–Kier alpha value is -1.81.